The number of carboxylic acid groups (broad SMARTS) is 1. The summed E-state index contributed by atoms with van der Waals surface area (Å²) < 4.78 is 1.50. The fourth-order valence-corrected chi connectivity index (χ4v) is 1.53. The van der Waals surface area contributed by atoms with Gasteiger partial charge in [-0.05, 0) is 12.1 Å². The Hall–Kier alpha value is -2.41. The van der Waals surface area contributed by atoms with E-state index in [1.807, 2.05) is 0 Å². The van der Waals surface area contributed by atoms with Crippen LogP contribution < -0.4 is 5.32 Å². The number of aliphatic hydroxyl groups excluding tert-OH is 1. The molecule has 0 saturated heterocycles. The Morgan fingerprint density at radius 3 is 2.89 bits per heavy atom. The molecular formula is C11H11N3O4. The lowest BCUT2D eigenvalue weighted by atomic mass is 10.2. The Kier molecular flexibility index (Phi) is 3.24. The Balaban J connectivity index is 2.26. The van der Waals surface area contributed by atoms with Crippen LogP contribution in [0.1, 0.15) is 10.4 Å². The lowest BCUT2D eigenvalue weighted by molar-refractivity contribution is -0.140. The first-order valence-electron chi connectivity index (χ1n) is 5.20. The van der Waals surface area contributed by atoms with Crippen molar-refractivity contribution in [1.29, 1.82) is 0 Å². The second-order valence-electron chi connectivity index (χ2n) is 3.64. The van der Waals surface area contributed by atoms with E-state index >= 15 is 0 Å². The predicted octanol–water partition coefficient (Wildman–Crippen LogP) is -0.490. The van der Waals surface area contributed by atoms with Crippen molar-refractivity contribution in [3.63, 3.8) is 0 Å². The SMILES string of the molecule is O=C(NC(CO)C(=O)O)c1cnn2ccccc12. The molecule has 94 valence electrons. The fraction of sp³-hybridized carbons (Fsp3) is 0.182. The van der Waals surface area contributed by atoms with Gasteiger partial charge in [-0.25, -0.2) is 9.31 Å². The van der Waals surface area contributed by atoms with Gasteiger partial charge in [-0.1, -0.05) is 6.07 Å². The van der Waals surface area contributed by atoms with Crippen LogP contribution in [0.4, 0.5) is 0 Å². The summed E-state index contributed by atoms with van der Waals surface area (Å²) in [6, 6.07) is 3.87. The van der Waals surface area contributed by atoms with Gasteiger partial charge in [0.15, 0.2) is 6.04 Å². The van der Waals surface area contributed by atoms with Crippen LogP contribution in [0.3, 0.4) is 0 Å². The maximum atomic E-state index is 11.9. The molecule has 3 N–H and O–H groups in total. The molecule has 1 atom stereocenters. The molecular weight excluding hydrogens is 238 g/mol. The average molecular weight is 249 g/mol. The second-order valence-corrected chi connectivity index (χ2v) is 3.64. The zero-order chi connectivity index (χ0) is 13.1. The lowest BCUT2D eigenvalue weighted by Crippen LogP contribution is -2.43. The Bertz CT molecular complexity index is 593. The predicted molar refractivity (Wildman–Crippen MR) is 61.2 cm³/mol. The Morgan fingerprint density at radius 2 is 2.22 bits per heavy atom. The smallest absolute Gasteiger partial charge is 0.328 e. The van der Waals surface area contributed by atoms with Gasteiger partial charge in [-0.2, -0.15) is 5.10 Å². The molecule has 7 heteroatoms. The quantitative estimate of drug-likeness (QED) is 0.678. The van der Waals surface area contributed by atoms with Crippen molar-refractivity contribution in [2.75, 3.05) is 6.61 Å². The Morgan fingerprint density at radius 1 is 1.44 bits per heavy atom. The van der Waals surface area contributed by atoms with Crippen molar-refractivity contribution < 1.29 is 19.8 Å². The minimum Gasteiger partial charge on any atom is -0.480 e. The van der Waals surface area contributed by atoms with E-state index in [2.05, 4.69) is 10.4 Å². The summed E-state index contributed by atoms with van der Waals surface area (Å²) >= 11 is 0. The summed E-state index contributed by atoms with van der Waals surface area (Å²) in [4.78, 5) is 22.6. The number of amides is 1. The standard InChI is InChI=1S/C11H11N3O4/c15-6-8(11(17)18)13-10(16)7-5-12-14-4-2-1-3-9(7)14/h1-5,8,15H,6H2,(H,13,16)(H,17,18). The first-order valence-corrected chi connectivity index (χ1v) is 5.20. The van der Waals surface area contributed by atoms with Crippen molar-refractivity contribution in [3.8, 4) is 0 Å². The number of rotatable bonds is 4. The van der Waals surface area contributed by atoms with Gasteiger partial charge in [0.05, 0.1) is 23.9 Å². The summed E-state index contributed by atoms with van der Waals surface area (Å²) in [6.07, 6.45) is 3.02. The van der Waals surface area contributed by atoms with Crippen LogP contribution in [0.25, 0.3) is 5.52 Å². The fourth-order valence-electron chi connectivity index (χ4n) is 1.53. The first kappa shape index (κ1) is 12.1. The maximum Gasteiger partial charge on any atom is 0.328 e. The highest BCUT2D eigenvalue weighted by molar-refractivity contribution is 6.02. The molecule has 0 aliphatic carbocycles. The van der Waals surface area contributed by atoms with Gasteiger partial charge in [0.25, 0.3) is 5.91 Å². The Labute approximate surface area is 102 Å². The van der Waals surface area contributed by atoms with E-state index in [1.54, 1.807) is 24.4 Å². The molecule has 0 bridgehead atoms. The minimum atomic E-state index is -1.32. The molecule has 2 aromatic heterocycles. The number of nitrogens with one attached hydrogen (secondary N) is 1. The summed E-state index contributed by atoms with van der Waals surface area (Å²) in [5, 5.41) is 23.8. The molecule has 2 rings (SSSR count). The van der Waals surface area contributed by atoms with Gasteiger partial charge in [0.2, 0.25) is 0 Å². The van der Waals surface area contributed by atoms with Gasteiger partial charge in [0.1, 0.15) is 0 Å². The summed E-state index contributed by atoms with van der Waals surface area (Å²) in [5.41, 5.74) is 0.826. The van der Waals surface area contributed by atoms with E-state index in [-0.39, 0.29) is 5.56 Å². The number of carbonyl (C=O) groups excluding carboxylic acids is 1. The van der Waals surface area contributed by atoms with Gasteiger partial charge >= 0.3 is 5.97 Å². The third-order valence-electron chi connectivity index (χ3n) is 2.46. The molecule has 18 heavy (non-hydrogen) atoms. The third-order valence-corrected chi connectivity index (χ3v) is 2.46. The molecule has 0 radical (unpaired) electrons. The second kappa shape index (κ2) is 4.84. The molecule has 7 nitrogen and oxygen atoms in total. The number of aliphatic carboxylic acids is 1. The van der Waals surface area contributed by atoms with Crippen LogP contribution in [-0.4, -0.2) is 44.4 Å². The zero-order valence-electron chi connectivity index (χ0n) is 9.28. The molecule has 1 amide bonds. The van der Waals surface area contributed by atoms with E-state index in [4.69, 9.17) is 10.2 Å². The number of carboxylic acids is 1. The van der Waals surface area contributed by atoms with E-state index in [0.29, 0.717) is 5.52 Å². The molecule has 0 fully saturated rings. The van der Waals surface area contributed by atoms with Crippen LogP contribution in [0.15, 0.2) is 30.6 Å². The highest BCUT2D eigenvalue weighted by Gasteiger charge is 2.21. The number of nitrogens with zero attached hydrogens (tertiary/aromatic N) is 2. The number of carbonyl (C=O) groups is 2. The van der Waals surface area contributed by atoms with Crippen molar-refractivity contribution >= 4 is 17.4 Å². The topological polar surface area (TPSA) is 104 Å². The normalized spacial score (nSPS) is 12.3. The number of aliphatic hydroxyl groups is 1. The highest BCUT2D eigenvalue weighted by atomic mass is 16.4. The summed E-state index contributed by atoms with van der Waals surface area (Å²) in [5.74, 6) is -1.88. The van der Waals surface area contributed by atoms with Crippen LogP contribution >= 0.6 is 0 Å². The van der Waals surface area contributed by atoms with Crippen LogP contribution in [0.2, 0.25) is 0 Å². The van der Waals surface area contributed by atoms with Crippen molar-refractivity contribution in [2.24, 2.45) is 0 Å². The van der Waals surface area contributed by atoms with Crippen molar-refractivity contribution in [3.05, 3.63) is 36.2 Å². The lowest BCUT2D eigenvalue weighted by Gasteiger charge is -2.10. The van der Waals surface area contributed by atoms with Crippen LogP contribution in [-0.2, 0) is 4.79 Å². The molecule has 0 spiro atoms. The van der Waals surface area contributed by atoms with E-state index < -0.39 is 24.5 Å². The van der Waals surface area contributed by atoms with Gasteiger partial charge in [0, 0.05) is 6.20 Å². The van der Waals surface area contributed by atoms with E-state index in [0.717, 1.165) is 0 Å². The molecule has 0 aliphatic rings. The van der Waals surface area contributed by atoms with E-state index in [1.165, 1.54) is 10.7 Å². The number of aromatic nitrogens is 2. The molecule has 0 saturated carbocycles. The molecule has 1 unspecified atom stereocenters. The van der Waals surface area contributed by atoms with Gasteiger partial charge < -0.3 is 15.5 Å². The van der Waals surface area contributed by atoms with Crippen LogP contribution in [0, 0.1) is 0 Å². The van der Waals surface area contributed by atoms with E-state index in [9.17, 15) is 9.59 Å². The number of pyridine rings is 1. The average Bonchev–Trinajstić information content (AvgIpc) is 2.79. The van der Waals surface area contributed by atoms with Crippen LogP contribution in [0.5, 0.6) is 0 Å². The van der Waals surface area contributed by atoms with Gasteiger partial charge in [-0.15, -0.1) is 0 Å². The summed E-state index contributed by atoms with van der Waals surface area (Å²) in [6.45, 7) is -0.666. The number of hydrogen-bond acceptors (Lipinski definition) is 4. The monoisotopic (exact) mass is 249 g/mol. The number of fused-ring (bicyclic) bond motifs is 1. The highest BCUT2D eigenvalue weighted by Crippen LogP contribution is 2.09. The largest absolute Gasteiger partial charge is 0.480 e. The first-order chi connectivity index (χ1) is 8.63. The number of hydrogen-bond donors (Lipinski definition) is 3. The van der Waals surface area contributed by atoms with Gasteiger partial charge in [-0.3, -0.25) is 4.79 Å². The molecule has 2 heterocycles. The molecule has 0 aromatic carbocycles. The molecule has 2 aromatic rings. The minimum absolute atomic E-state index is 0.260. The maximum absolute atomic E-state index is 11.9. The zero-order valence-corrected chi connectivity index (χ0v) is 9.28. The molecule has 0 aliphatic heterocycles. The third kappa shape index (κ3) is 2.16. The van der Waals surface area contributed by atoms with Crippen molar-refractivity contribution in [1.82, 2.24) is 14.9 Å². The van der Waals surface area contributed by atoms with Crippen molar-refractivity contribution in [2.45, 2.75) is 6.04 Å². The summed E-state index contributed by atoms with van der Waals surface area (Å²) in [7, 11) is 0.